The smallest absolute Gasteiger partial charge is 0.335 e. The monoisotopic (exact) mass is 234 g/mol. The molecule has 82 valence electrons. The summed E-state index contributed by atoms with van der Waals surface area (Å²) < 4.78 is 0. The Morgan fingerprint density at radius 1 is 1.50 bits per heavy atom. The zero-order valence-corrected chi connectivity index (χ0v) is 9.41. The molecule has 0 unspecified atom stereocenters. The van der Waals surface area contributed by atoms with Gasteiger partial charge in [0.2, 0.25) is 0 Å². The third-order valence-electron chi connectivity index (χ3n) is 2.14. The number of aromatic nitrogens is 1. The van der Waals surface area contributed by atoms with Gasteiger partial charge >= 0.3 is 5.97 Å². The molecule has 0 bridgehead atoms. The minimum Gasteiger partial charge on any atom is -0.478 e. The number of rotatable bonds is 3. The molecule has 2 N–H and O–H groups in total. The number of thiazole rings is 1. The number of hydrogen-bond acceptors (Lipinski definition) is 4. The second kappa shape index (κ2) is 4.32. The molecule has 0 saturated heterocycles. The minimum atomic E-state index is -0.904. The number of aromatic carboxylic acids is 1. The third-order valence-corrected chi connectivity index (χ3v) is 2.83. The van der Waals surface area contributed by atoms with E-state index in [2.05, 4.69) is 10.3 Å². The molecular weight excluding hydrogens is 224 g/mol. The number of anilines is 2. The first kappa shape index (κ1) is 10.6. The normalized spacial score (nSPS) is 10.1. The summed E-state index contributed by atoms with van der Waals surface area (Å²) in [4.78, 5) is 14.9. The first-order chi connectivity index (χ1) is 7.66. The van der Waals surface area contributed by atoms with Crippen LogP contribution in [0, 0.1) is 6.92 Å². The molecule has 5 heteroatoms. The van der Waals surface area contributed by atoms with E-state index in [9.17, 15) is 4.79 Å². The predicted octanol–water partition coefficient (Wildman–Crippen LogP) is 2.89. The Labute approximate surface area is 96.6 Å². The zero-order chi connectivity index (χ0) is 11.5. The van der Waals surface area contributed by atoms with Crippen LogP contribution < -0.4 is 5.32 Å². The molecular formula is C11H10N2O2S. The minimum absolute atomic E-state index is 0.324. The van der Waals surface area contributed by atoms with E-state index < -0.39 is 5.97 Å². The molecule has 0 amide bonds. The van der Waals surface area contributed by atoms with Crippen molar-refractivity contribution in [3.8, 4) is 0 Å². The zero-order valence-electron chi connectivity index (χ0n) is 8.60. The summed E-state index contributed by atoms with van der Waals surface area (Å²) in [5, 5.41) is 14.7. The Hall–Kier alpha value is -1.88. The number of aryl methyl sites for hydroxylation is 1. The van der Waals surface area contributed by atoms with Gasteiger partial charge in [-0.3, -0.25) is 0 Å². The van der Waals surface area contributed by atoms with Gasteiger partial charge < -0.3 is 10.4 Å². The SMILES string of the molecule is Cc1cc(Nc2nccs2)ccc1C(=O)O. The molecule has 1 aromatic heterocycles. The predicted molar refractivity (Wildman–Crippen MR) is 63.5 cm³/mol. The van der Waals surface area contributed by atoms with Crippen molar-refractivity contribution in [3.63, 3.8) is 0 Å². The van der Waals surface area contributed by atoms with Crippen molar-refractivity contribution in [2.75, 3.05) is 5.32 Å². The van der Waals surface area contributed by atoms with Crippen LogP contribution in [0.25, 0.3) is 0 Å². The van der Waals surface area contributed by atoms with Crippen LogP contribution in [-0.4, -0.2) is 16.1 Å². The van der Waals surface area contributed by atoms with Crippen molar-refractivity contribution >= 4 is 28.1 Å². The number of carboxylic acids is 1. The lowest BCUT2D eigenvalue weighted by atomic mass is 10.1. The van der Waals surface area contributed by atoms with Crippen LogP contribution in [-0.2, 0) is 0 Å². The molecule has 16 heavy (non-hydrogen) atoms. The summed E-state index contributed by atoms with van der Waals surface area (Å²) >= 11 is 1.50. The maximum absolute atomic E-state index is 10.8. The largest absolute Gasteiger partial charge is 0.478 e. The Morgan fingerprint density at radius 3 is 2.88 bits per heavy atom. The van der Waals surface area contributed by atoms with Gasteiger partial charge in [-0.05, 0) is 30.7 Å². The lowest BCUT2D eigenvalue weighted by molar-refractivity contribution is 0.0696. The van der Waals surface area contributed by atoms with Gasteiger partial charge in [0, 0.05) is 17.3 Å². The van der Waals surface area contributed by atoms with E-state index in [1.54, 1.807) is 31.3 Å². The Kier molecular flexibility index (Phi) is 2.87. The lowest BCUT2D eigenvalue weighted by Crippen LogP contribution is -2.00. The fourth-order valence-corrected chi connectivity index (χ4v) is 1.94. The molecule has 0 fully saturated rings. The highest BCUT2D eigenvalue weighted by Gasteiger charge is 2.07. The number of carboxylic acid groups (broad SMARTS) is 1. The van der Waals surface area contributed by atoms with Crippen molar-refractivity contribution < 1.29 is 9.90 Å². The van der Waals surface area contributed by atoms with Crippen molar-refractivity contribution in [2.45, 2.75) is 6.92 Å². The molecule has 0 atom stereocenters. The van der Waals surface area contributed by atoms with E-state index in [-0.39, 0.29) is 0 Å². The Bertz CT molecular complexity index is 509. The average molecular weight is 234 g/mol. The summed E-state index contributed by atoms with van der Waals surface area (Å²) in [5.41, 5.74) is 1.90. The molecule has 0 radical (unpaired) electrons. The van der Waals surface area contributed by atoms with Crippen LogP contribution in [0.5, 0.6) is 0 Å². The highest BCUT2D eigenvalue weighted by Crippen LogP contribution is 2.21. The number of hydrogen-bond donors (Lipinski definition) is 2. The Balaban J connectivity index is 2.24. The molecule has 2 aromatic rings. The van der Waals surface area contributed by atoms with Gasteiger partial charge in [-0.15, -0.1) is 11.3 Å². The van der Waals surface area contributed by atoms with E-state index in [4.69, 9.17) is 5.11 Å². The number of benzene rings is 1. The van der Waals surface area contributed by atoms with E-state index in [0.717, 1.165) is 16.4 Å². The maximum Gasteiger partial charge on any atom is 0.335 e. The second-order valence-corrected chi connectivity index (χ2v) is 4.19. The molecule has 2 rings (SSSR count). The van der Waals surface area contributed by atoms with Crippen LogP contribution in [0.2, 0.25) is 0 Å². The van der Waals surface area contributed by atoms with Crippen molar-refractivity contribution in [3.05, 3.63) is 40.9 Å². The summed E-state index contributed by atoms with van der Waals surface area (Å²) in [6.45, 7) is 1.77. The molecule has 0 spiro atoms. The summed E-state index contributed by atoms with van der Waals surface area (Å²) in [7, 11) is 0. The van der Waals surface area contributed by atoms with Gasteiger partial charge in [-0.1, -0.05) is 0 Å². The number of nitrogens with one attached hydrogen (secondary N) is 1. The van der Waals surface area contributed by atoms with Gasteiger partial charge in [-0.25, -0.2) is 9.78 Å². The first-order valence-electron chi connectivity index (χ1n) is 4.67. The fourth-order valence-electron chi connectivity index (χ4n) is 1.39. The van der Waals surface area contributed by atoms with E-state index in [0.29, 0.717) is 5.56 Å². The van der Waals surface area contributed by atoms with Crippen molar-refractivity contribution in [1.29, 1.82) is 0 Å². The lowest BCUT2D eigenvalue weighted by Gasteiger charge is -2.05. The summed E-state index contributed by atoms with van der Waals surface area (Å²) in [6, 6.07) is 5.12. The van der Waals surface area contributed by atoms with Crippen molar-refractivity contribution in [1.82, 2.24) is 4.98 Å². The van der Waals surface area contributed by atoms with Crippen LogP contribution in [0.1, 0.15) is 15.9 Å². The van der Waals surface area contributed by atoms with E-state index in [1.165, 1.54) is 11.3 Å². The van der Waals surface area contributed by atoms with E-state index >= 15 is 0 Å². The van der Waals surface area contributed by atoms with Crippen molar-refractivity contribution in [2.24, 2.45) is 0 Å². The van der Waals surface area contributed by atoms with Crippen LogP contribution in [0.4, 0.5) is 10.8 Å². The van der Waals surface area contributed by atoms with Gasteiger partial charge in [0.25, 0.3) is 0 Å². The molecule has 0 saturated carbocycles. The quantitative estimate of drug-likeness (QED) is 0.857. The average Bonchev–Trinajstić information content (AvgIpc) is 2.70. The third kappa shape index (κ3) is 2.20. The molecule has 0 aliphatic carbocycles. The molecule has 1 aromatic carbocycles. The van der Waals surface area contributed by atoms with Gasteiger partial charge in [0.05, 0.1) is 5.56 Å². The second-order valence-electron chi connectivity index (χ2n) is 3.30. The van der Waals surface area contributed by atoms with Gasteiger partial charge in [0.1, 0.15) is 0 Å². The maximum atomic E-state index is 10.8. The Morgan fingerprint density at radius 2 is 2.31 bits per heavy atom. The summed E-state index contributed by atoms with van der Waals surface area (Å²) in [6.07, 6.45) is 1.71. The first-order valence-corrected chi connectivity index (χ1v) is 5.55. The highest BCUT2D eigenvalue weighted by molar-refractivity contribution is 7.13. The van der Waals surface area contributed by atoms with Crippen LogP contribution >= 0.6 is 11.3 Å². The van der Waals surface area contributed by atoms with Gasteiger partial charge in [0.15, 0.2) is 5.13 Å². The number of carbonyl (C=O) groups is 1. The van der Waals surface area contributed by atoms with Gasteiger partial charge in [-0.2, -0.15) is 0 Å². The standard InChI is InChI=1S/C11H10N2O2S/c1-7-6-8(2-3-9(7)10(14)15)13-11-12-4-5-16-11/h2-6H,1H3,(H,12,13)(H,14,15). The molecule has 1 heterocycles. The van der Waals surface area contributed by atoms with Crippen LogP contribution in [0.15, 0.2) is 29.8 Å². The molecule has 0 aliphatic rings. The number of nitrogens with zero attached hydrogens (tertiary/aromatic N) is 1. The van der Waals surface area contributed by atoms with E-state index in [1.807, 2.05) is 5.38 Å². The topological polar surface area (TPSA) is 62.2 Å². The summed E-state index contributed by atoms with van der Waals surface area (Å²) in [5.74, 6) is -0.904. The molecule has 4 nitrogen and oxygen atoms in total. The highest BCUT2D eigenvalue weighted by atomic mass is 32.1. The molecule has 0 aliphatic heterocycles. The fraction of sp³-hybridized carbons (Fsp3) is 0.0909. The van der Waals surface area contributed by atoms with Crippen LogP contribution in [0.3, 0.4) is 0 Å².